The summed E-state index contributed by atoms with van der Waals surface area (Å²) in [6.45, 7) is 0. The Bertz CT molecular complexity index is 435. The van der Waals surface area contributed by atoms with Crippen LogP contribution in [0.15, 0.2) is 43.0 Å². The van der Waals surface area contributed by atoms with E-state index in [-0.39, 0.29) is 5.95 Å². The Morgan fingerprint density at radius 2 is 1.75 bits per heavy atom. The van der Waals surface area contributed by atoms with E-state index >= 15 is 0 Å². The minimum absolute atomic E-state index is 0.0150. The Labute approximate surface area is 91.2 Å². The van der Waals surface area contributed by atoms with Gasteiger partial charge in [-0.25, -0.2) is 15.0 Å². The van der Waals surface area contributed by atoms with Crippen LogP contribution in [0.2, 0.25) is 0 Å². The Balaban J connectivity index is 2.44. The van der Waals surface area contributed by atoms with Gasteiger partial charge >= 0.3 is 0 Å². The van der Waals surface area contributed by atoms with Gasteiger partial charge < -0.3 is 9.90 Å². The predicted molar refractivity (Wildman–Crippen MR) is 53.8 cm³/mol. The first-order chi connectivity index (χ1) is 7.79. The van der Waals surface area contributed by atoms with Crippen molar-refractivity contribution in [3.05, 3.63) is 43.0 Å². The first-order valence-corrected chi connectivity index (χ1v) is 4.47. The van der Waals surface area contributed by atoms with Crippen LogP contribution in [0.1, 0.15) is 0 Å². The molecule has 0 aliphatic heterocycles. The molecule has 0 atom stereocenters. The molecule has 0 bridgehead atoms. The zero-order chi connectivity index (χ0) is 11.4. The van der Waals surface area contributed by atoms with Crippen molar-refractivity contribution in [1.29, 1.82) is 0 Å². The van der Waals surface area contributed by atoms with Gasteiger partial charge in [0.15, 0.2) is 0 Å². The number of para-hydroxylation sites is 1. The highest BCUT2D eigenvalue weighted by Gasteiger charge is 2.12. The number of hydrogen-bond acceptors (Lipinski definition) is 5. The summed E-state index contributed by atoms with van der Waals surface area (Å²) in [5, 5.41) is 11.0. The third kappa shape index (κ3) is 1.95. The molecule has 0 aliphatic rings. The zero-order valence-electron chi connectivity index (χ0n) is 8.15. The largest absolute Gasteiger partial charge is 0.529 e. The number of hydrogen-bond donors (Lipinski definition) is 0. The minimum atomic E-state index is -1.39. The number of carbonyl (C=O) groups excluding carboxylic acids is 1. The van der Waals surface area contributed by atoms with Crippen LogP contribution >= 0.6 is 0 Å². The lowest BCUT2D eigenvalue weighted by Crippen LogP contribution is -2.38. The molecule has 6 heteroatoms. The highest BCUT2D eigenvalue weighted by Crippen LogP contribution is 2.19. The summed E-state index contributed by atoms with van der Waals surface area (Å²) in [4.78, 5) is 23.0. The molecule has 0 unspecified atom stereocenters. The lowest BCUT2D eigenvalue weighted by molar-refractivity contribution is -0.245. The lowest BCUT2D eigenvalue weighted by Gasteiger charge is -2.22. The van der Waals surface area contributed by atoms with E-state index in [9.17, 15) is 9.90 Å². The fraction of sp³-hybridized carbons (Fsp3) is 0. The number of benzene rings is 1. The number of rotatable bonds is 2. The minimum Gasteiger partial charge on any atom is -0.529 e. The molecule has 0 radical (unpaired) electrons. The highest BCUT2D eigenvalue weighted by molar-refractivity contribution is 5.91. The molecule has 1 aromatic heterocycles. The highest BCUT2D eigenvalue weighted by atomic mass is 16.4. The van der Waals surface area contributed by atoms with Gasteiger partial charge in [-0.1, -0.05) is 18.2 Å². The maximum Gasteiger partial charge on any atom is 0.238 e. The van der Waals surface area contributed by atoms with E-state index in [1.54, 1.807) is 30.3 Å². The van der Waals surface area contributed by atoms with Crippen LogP contribution in [0.5, 0.6) is 0 Å². The summed E-state index contributed by atoms with van der Waals surface area (Å²) in [7, 11) is 0. The molecule has 80 valence electrons. The second kappa shape index (κ2) is 4.35. The van der Waals surface area contributed by atoms with Crippen molar-refractivity contribution in [3.8, 4) is 0 Å². The summed E-state index contributed by atoms with van der Waals surface area (Å²) in [5.74, 6) is 0.0150. The van der Waals surface area contributed by atoms with Crippen molar-refractivity contribution in [3.63, 3.8) is 0 Å². The van der Waals surface area contributed by atoms with E-state index < -0.39 is 6.09 Å². The van der Waals surface area contributed by atoms with Crippen LogP contribution in [-0.2, 0) is 0 Å². The molecule has 6 nitrogen and oxygen atoms in total. The van der Waals surface area contributed by atoms with E-state index in [1.165, 1.54) is 12.7 Å². The molecule has 16 heavy (non-hydrogen) atoms. The third-order valence-electron chi connectivity index (χ3n) is 1.88. The van der Waals surface area contributed by atoms with Gasteiger partial charge in [-0.3, -0.25) is 4.90 Å². The molecule has 1 aromatic carbocycles. The van der Waals surface area contributed by atoms with E-state index in [4.69, 9.17) is 0 Å². The van der Waals surface area contributed by atoms with Crippen LogP contribution in [0.4, 0.5) is 16.4 Å². The van der Waals surface area contributed by atoms with Crippen molar-refractivity contribution < 1.29 is 9.90 Å². The molecule has 0 saturated carbocycles. The molecule has 0 saturated heterocycles. The maximum atomic E-state index is 11.0. The van der Waals surface area contributed by atoms with Gasteiger partial charge in [0.2, 0.25) is 5.95 Å². The monoisotopic (exact) mass is 215 g/mol. The van der Waals surface area contributed by atoms with E-state index in [0.29, 0.717) is 5.69 Å². The molecule has 1 amide bonds. The number of anilines is 2. The summed E-state index contributed by atoms with van der Waals surface area (Å²) in [6.07, 6.45) is 1.06. The number of amides is 1. The number of carboxylic acid groups (broad SMARTS) is 1. The normalized spacial score (nSPS) is 9.75. The summed E-state index contributed by atoms with van der Waals surface area (Å²) < 4.78 is 0. The Morgan fingerprint density at radius 3 is 2.31 bits per heavy atom. The van der Waals surface area contributed by atoms with Crippen molar-refractivity contribution in [2.75, 3.05) is 4.90 Å². The van der Waals surface area contributed by atoms with Crippen LogP contribution in [0, 0.1) is 0 Å². The fourth-order valence-corrected chi connectivity index (χ4v) is 1.23. The molecule has 1 heterocycles. The average Bonchev–Trinajstić information content (AvgIpc) is 2.31. The Hall–Kier alpha value is -2.50. The lowest BCUT2D eigenvalue weighted by atomic mass is 10.3. The van der Waals surface area contributed by atoms with E-state index in [2.05, 4.69) is 15.0 Å². The topological polar surface area (TPSA) is 82.0 Å². The number of carbonyl (C=O) groups is 1. The zero-order valence-corrected chi connectivity index (χ0v) is 8.15. The van der Waals surface area contributed by atoms with Crippen molar-refractivity contribution in [2.24, 2.45) is 0 Å². The van der Waals surface area contributed by atoms with Gasteiger partial charge in [0.1, 0.15) is 18.7 Å². The summed E-state index contributed by atoms with van der Waals surface area (Å²) in [5.41, 5.74) is 0.425. The van der Waals surface area contributed by atoms with Gasteiger partial charge in [0, 0.05) is 0 Å². The average molecular weight is 215 g/mol. The molecule has 2 rings (SSSR count). The van der Waals surface area contributed by atoms with Crippen molar-refractivity contribution in [2.45, 2.75) is 0 Å². The van der Waals surface area contributed by atoms with Gasteiger partial charge in [-0.15, -0.1) is 0 Å². The van der Waals surface area contributed by atoms with Crippen LogP contribution in [0.25, 0.3) is 0 Å². The fourth-order valence-electron chi connectivity index (χ4n) is 1.23. The molecule has 0 spiro atoms. The van der Waals surface area contributed by atoms with E-state index in [1.807, 2.05) is 0 Å². The third-order valence-corrected chi connectivity index (χ3v) is 1.88. The molecular formula is C10H7N4O2-. The van der Waals surface area contributed by atoms with Crippen molar-refractivity contribution >= 4 is 17.7 Å². The SMILES string of the molecule is O=C([O-])N(c1ccccc1)c1ncncn1. The van der Waals surface area contributed by atoms with Crippen LogP contribution in [0.3, 0.4) is 0 Å². The van der Waals surface area contributed by atoms with Crippen LogP contribution < -0.4 is 10.0 Å². The Kier molecular flexibility index (Phi) is 2.73. The van der Waals surface area contributed by atoms with Gasteiger partial charge in [0.25, 0.3) is 0 Å². The van der Waals surface area contributed by atoms with Crippen LogP contribution in [-0.4, -0.2) is 21.0 Å². The molecule has 0 fully saturated rings. The standard InChI is InChI=1S/C10H8N4O2/c15-10(16)14(8-4-2-1-3-5-8)9-12-6-11-7-13-9/h1-7H,(H,15,16)/p-1. The van der Waals surface area contributed by atoms with Crippen molar-refractivity contribution in [1.82, 2.24) is 15.0 Å². The first-order valence-electron chi connectivity index (χ1n) is 4.47. The van der Waals surface area contributed by atoms with Gasteiger partial charge in [0.05, 0.1) is 5.69 Å². The van der Waals surface area contributed by atoms with Gasteiger partial charge in [-0.2, -0.15) is 0 Å². The molecular weight excluding hydrogens is 208 g/mol. The molecule has 0 aliphatic carbocycles. The summed E-state index contributed by atoms with van der Waals surface area (Å²) >= 11 is 0. The second-order valence-corrected chi connectivity index (χ2v) is 2.88. The quantitative estimate of drug-likeness (QED) is 0.722. The number of aromatic nitrogens is 3. The number of nitrogens with zero attached hydrogens (tertiary/aromatic N) is 4. The summed E-state index contributed by atoms with van der Waals surface area (Å²) in [6, 6.07) is 8.46. The molecule has 2 aromatic rings. The van der Waals surface area contributed by atoms with Gasteiger partial charge in [-0.05, 0) is 12.1 Å². The second-order valence-electron chi connectivity index (χ2n) is 2.88. The Morgan fingerprint density at radius 1 is 1.12 bits per heavy atom. The predicted octanol–water partition coefficient (Wildman–Crippen LogP) is 0.353. The maximum absolute atomic E-state index is 11.0. The van der Waals surface area contributed by atoms with E-state index in [0.717, 1.165) is 4.90 Å². The first kappa shape index (κ1) is 10.0. The smallest absolute Gasteiger partial charge is 0.238 e. The molecule has 0 N–H and O–H groups in total.